The number of hydrogen-bond acceptors (Lipinski definition) is 4. The van der Waals surface area contributed by atoms with Crippen LogP contribution in [0.5, 0.6) is 0 Å². The van der Waals surface area contributed by atoms with E-state index >= 15 is 0 Å². The predicted molar refractivity (Wildman–Crippen MR) is 228 cm³/mol. The molecule has 0 unspecified atom stereocenters. The molecule has 0 N–H and O–H groups in total. The number of hydrogen-bond donors (Lipinski definition) is 0. The molecule has 7 aromatic carbocycles. The molecule has 0 saturated heterocycles. The SMILES string of the molecule is c1ccc(-c2nc(-c3cccc(-c4ncccc4-n4c5ccccc5c5ccccc54)c3)nc(-c3cccc(-n4c5ccccc5c5ccccc54)c3)n2)cc1. The van der Waals surface area contributed by atoms with Crippen LogP contribution in [0.2, 0.25) is 0 Å². The number of rotatable bonds is 6. The summed E-state index contributed by atoms with van der Waals surface area (Å²) in [5.41, 5.74) is 11.2. The van der Waals surface area contributed by atoms with Crippen molar-refractivity contribution in [2.24, 2.45) is 0 Å². The van der Waals surface area contributed by atoms with Crippen molar-refractivity contribution in [2.45, 2.75) is 0 Å². The second-order valence-corrected chi connectivity index (χ2v) is 13.9. The first-order valence-corrected chi connectivity index (χ1v) is 18.7. The van der Waals surface area contributed by atoms with Gasteiger partial charge in [-0.05, 0) is 54.6 Å². The smallest absolute Gasteiger partial charge is 0.164 e. The van der Waals surface area contributed by atoms with Gasteiger partial charge in [-0.2, -0.15) is 0 Å². The molecule has 0 spiro atoms. The Hall–Kier alpha value is -7.70. The van der Waals surface area contributed by atoms with Crippen LogP contribution in [0.1, 0.15) is 0 Å². The molecule has 0 bridgehead atoms. The third-order valence-corrected chi connectivity index (χ3v) is 10.6. The second-order valence-electron chi connectivity index (χ2n) is 13.9. The summed E-state index contributed by atoms with van der Waals surface area (Å²) in [6.07, 6.45) is 1.86. The molecule has 6 nitrogen and oxygen atoms in total. The van der Waals surface area contributed by atoms with Gasteiger partial charge >= 0.3 is 0 Å². The van der Waals surface area contributed by atoms with Crippen molar-refractivity contribution in [1.29, 1.82) is 0 Å². The summed E-state index contributed by atoms with van der Waals surface area (Å²) in [6, 6.07) is 65.3. The van der Waals surface area contributed by atoms with E-state index in [1.54, 1.807) is 0 Å². The molecule has 4 aromatic heterocycles. The Labute approximate surface area is 322 Å². The minimum atomic E-state index is 0.590. The lowest BCUT2D eigenvalue weighted by Gasteiger charge is -2.14. The predicted octanol–water partition coefficient (Wildman–Crippen LogP) is 12.1. The van der Waals surface area contributed by atoms with Gasteiger partial charge in [0.25, 0.3) is 0 Å². The largest absolute Gasteiger partial charge is 0.309 e. The number of nitrogens with zero attached hydrogens (tertiary/aromatic N) is 6. The first kappa shape index (κ1) is 31.8. The number of benzene rings is 7. The fourth-order valence-corrected chi connectivity index (χ4v) is 8.12. The first-order valence-electron chi connectivity index (χ1n) is 18.7. The van der Waals surface area contributed by atoms with E-state index in [1.807, 2.05) is 42.6 Å². The van der Waals surface area contributed by atoms with Gasteiger partial charge in [-0.25, -0.2) is 15.0 Å². The highest BCUT2D eigenvalue weighted by Gasteiger charge is 2.19. The van der Waals surface area contributed by atoms with Crippen LogP contribution in [0.3, 0.4) is 0 Å². The maximum atomic E-state index is 5.18. The second kappa shape index (κ2) is 13.0. The molecule has 0 atom stereocenters. The van der Waals surface area contributed by atoms with Crippen LogP contribution in [0.4, 0.5) is 0 Å². The summed E-state index contributed by atoms with van der Waals surface area (Å²) in [5, 5.41) is 4.85. The summed E-state index contributed by atoms with van der Waals surface area (Å²) in [5.74, 6) is 1.81. The lowest BCUT2D eigenvalue weighted by molar-refractivity contribution is 1.07. The average molecular weight is 717 g/mol. The molecule has 0 saturated carbocycles. The van der Waals surface area contributed by atoms with Gasteiger partial charge in [-0.1, -0.05) is 133 Å². The van der Waals surface area contributed by atoms with Crippen LogP contribution < -0.4 is 0 Å². The van der Waals surface area contributed by atoms with Crippen LogP contribution in [0.15, 0.2) is 194 Å². The maximum absolute atomic E-state index is 5.18. The maximum Gasteiger partial charge on any atom is 0.164 e. The Kier molecular flexibility index (Phi) is 7.38. The quantitative estimate of drug-likeness (QED) is 0.172. The van der Waals surface area contributed by atoms with Crippen LogP contribution in [0, 0.1) is 0 Å². The van der Waals surface area contributed by atoms with Crippen molar-refractivity contribution in [3.05, 3.63) is 194 Å². The Morgan fingerprint density at radius 1 is 0.321 bits per heavy atom. The number of para-hydroxylation sites is 4. The van der Waals surface area contributed by atoms with Gasteiger partial charge in [0.15, 0.2) is 17.5 Å². The molecule has 11 rings (SSSR count). The van der Waals surface area contributed by atoms with Gasteiger partial charge in [0.2, 0.25) is 0 Å². The molecule has 0 aliphatic carbocycles. The normalized spacial score (nSPS) is 11.6. The number of aromatic nitrogens is 6. The van der Waals surface area contributed by atoms with Crippen LogP contribution in [-0.4, -0.2) is 29.1 Å². The number of fused-ring (bicyclic) bond motifs is 6. The zero-order valence-corrected chi connectivity index (χ0v) is 30.2. The van der Waals surface area contributed by atoms with Crippen molar-refractivity contribution in [3.8, 4) is 56.8 Å². The third-order valence-electron chi connectivity index (χ3n) is 10.6. The van der Waals surface area contributed by atoms with Crippen molar-refractivity contribution >= 4 is 43.6 Å². The van der Waals surface area contributed by atoms with Gasteiger partial charge in [0, 0.05) is 55.7 Å². The van der Waals surface area contributed by atoms with Crippen molar-refractivity contribution in [3.63, 3.8) is 0 Å². The molecule has 11 aromatic rings. The van der Waals surface area contributed by atoms with E-state index in [9.17, 15) is 0 Å². The lowest BCUT2D eigenvalue weighted by atomic mass is 10.0. The molecule has 262 valence electrons. The molecular weight excluding hydrogens is 685 g/mol. The third kappa shape index (κ3) is 5.19. The molecule has 56 heavy (non-hydrogen) atoms. The zero-order chi connectivity index (χ0) is 37.0. The fourth-order valence-electron chi connectivity index (χ4n) is 8.12. The summed E-state index contributed by atoms with van der Waals surface area (Å²) in [4.78, 5) is 20.3. The minimum absolute atomic E-state index is 0.590. The number of pyridine rings is 1. The topological polar surface area (TPSA) is 61.4 Å². The molecule has 0 fully saturated rings. The molecular formula is C50H32N6. The molecule has 0 amide bonds. The van der Waals surface area contributed by atoms with E-state index in [2.05, 4.69) is 161 Å². The van der Waals surface area contributed by atoms with Crippen molar-refractivity contribution < 1.29 is 0 Å². The molecule has 0 aliphatic heterocycles. The van der Waals surface area contributed by atoms with Gasteiger partial charge in [0.1, 0.15) is 0 Å². The summed E-state index contributed by atoms with van der Waals surface area (Å²) < 4.78 is 4.64. The van der Waals surface area contributed by atoms with Gasteiger partial charge in [-0.15, -0.1) is 0 Å². The van der Waals surface area contributed by atoms with Gasteiger partial charge in [-0.3, -0.25) is 4.98 Å². The summed E-state index contributed by atoms with van der Waals surface area (Å²) >= 11 is 0. The first-order chi connectivity index (χ1) is 27.8. The van der Waals surface area contributed by atoms with Crippen LogP contribution in [-0.2, 0) is 0 Å². The Morgan fingerprint density at radius 3 is 1.36 bits per heavy atom. The Bertz CT molecular complexity index is 3160. The van der Waals surface area contributed by atoms with Crippen molar-refractivity contribution in [2.75, 3.05) is 0 Å². The fraction of sp³-hybridized carbons (Fsp3) is 0. The minimum Gasteiger partial charge on any atom is -0.309 e. The lowest BCUT2D eigenvalue weighted by Crippen LogP contribution is -2.02. The van der Waals surface area contributed by atoms with Crippen LogP contribution >= 0.6 is 0 Å². The Balaban J connectivity index is 1.07. The summed E-state index contributed by atoms with van der Waals surface area (Å²) in [7, 11) is 0. The van der Waals surface area contributed by atoms with E-state index in [1.165, 1.54) is 21.5 Å². The van der Waals surface area contributed by atoms with E-state index < -0.39 is 0 Å². The molecule has 6 heteroatoms. The van der Waals surface area contributed by atoms with E-state index in [0.29, 0.717) is 17.5 Å². The average Bonchev–Trinajstić information content (AvgIpc) is 3.80. The Morgan fingerprint density at radius 2 is 0.768 bits per heavy atom. The van der Waals surface area contributed by atoms with Crippen molar-refractivity contribution in [1.82, 2.24) is 29.1 Å². The van der Waals surface area contributed by atoms with Crippen LogP contribution in [0.25, 0.3) is 100 Å². The monoisotopic (exact) mass is 716 g/mol. The molecule has 0 radical (unpaired) electrons. The van der Waals surface area contributed by atoms with E-state index in [-0.39, 0.29) is 0 Å². The zero-order valence-electron chi connectivity index (χ0n) is 30.2. The van der Waals surface area contributed by atoms with Gasteiger partial charge < -0.3 is 9.13 Å². The standard InChI is InChI=1S/C50H32N6/c1-2-15-33(16-3-1)48-52-49(54-50(53-48)36-19-13-20-37(32-36)55-42-25-8-4-21-38(42)39-22-5-9-26-43(39)55)35-18-12-17-34(31-35)47-46(29-14-30-51-47)56-44-27-10-6-23-40(44)41-24-7-11-28-45(41)56/h1-32H. The van der Waals surface area contributed by atoms with E-state index in [0.717, 1.165) is 61.4 Å². The van der Waals surface area contributed by atoms with E-state index in [4.69, 9.17) is 19.9 Å². The summed E-state index contributed by atoms with van der Waals surface area (Å²) in [6.45, 7) is 0. The highest BCUT2D eigenvalue weighted by atomic mass is 15.0. The molecule has 4 heterocycles. The molecule has 0 aliphatic rings. The highest BCUT2D eigenvalue weighted by Crippen LogP contribution is 2.37. The van der Waals surface area contributed by atoms with Gasteiger partial charge in [0.05, 0.1) is 33.4 Å². The highest BCUT2D eigenvalue weighted by molar-refractivity contribution is 6.10.